The molecule has 21 heavy (non-hydrogen) atoms. The second-order valence-corrected chi connectivity index (χ2v) is 4.68. The van der Waals surface area contributed by atoms with Crippen molar-refractivity contribution in [3.8, 4) is 5.75 Å². The molecule has 0 spiro atoms. The molecule has 6 heteroatoms. The van der Waals surface area contributed by atoms with Gasteiger partial charge in [-0.25, -0.2) is 4.39 Å². The number of nitrogens with one attached hydrogen (secondary N) is 1. The van der Waals surface area contributed by atoms with Crippen LogP contribution in [0.3, 0.4) is 0 Å². The molecule has 0 atom stereocenters. The van der Waals surface area contributed by atoms with Gasteiger partial charge in [-0.2, -0.15) is 0 Å². The summed E-state index contributed by atoms with van der Waals surface area (Å²) < 4.78 is 18.6. The highest BCUT2D eigenvalue weighted by atomic mass is 35.5. The maximum Gasteiger partial charge on any atom is 0.255 e. The minimum atomic E-state index is -0.632. The Hall–Kier alpha value is -2.27. The summed E-state index contributed by atoms with van der Waals surface area (Å²) in [6.07, 6.45) is 0. The molecule has 0 unspecified atom stereocenters. The maximum atomic E-state index is 13.3. The van der Waals surface area contributed by atoms with E-state index in [1.807, 2.05) is 6.92 Å². The number of hydrogen-bond donors (Lipinski definition) is 2. The zero-order chi connectivity index (χ0) is 15.4. The fraction of sp³-hybridized carbons (Fsp3) is 0.133. The first kappa shape index (κ1) is 15.1. The van der Waals surface area contributed by atoms with Gasteiger partial charge >= 0.3 is 0 Å². The molecule has 0 aliphatic carbocycles. The highest BCUT2D eigenvalue weighted by Crippen LogP contribution is 2.28. The third kappa shape index (κ3) is 3.64. The Labute approximate surface area is 126 Å². The van der Waals surface area contributed by atoms with Crippen LogP contribution in [0.2, 0.25) is 5.02 Å². The van der Waals surface area contributed by atoms with Crippen LogP contribution in [0, 0.1) is 5.82 Å². The standard InChI is InChI=1S/C15H14ClFN2O2/c1-2-21-14-6-4-10(8-11(14)16)19-15(20)9-3-5-13(18)12(17)7-9/h3-8H,2,18H2,1H3,(H,19,20). The Kier molecular flexibility index (Phi) is 4.65. The van der Waals surface area contributed by atoms with E-state index in [0.29, 0.717) is 23.1 Å². The topological polar surface area (TPSA) is 64.3 Å². The summed E-state index contributed by atoms with van der Waals surface area (Å²) in [7, 11) is 0. The van der Waals surface area contributed by atoms with E-state index in [1.165, 1.54) is 12.1 Å². The molecule has 0 saturated carbocycles. The van der Waals surface area contributed by atoms with E-state index in [-0.39, 0.29) is 11.3 Å². The molecular formula is C15H14ClFN2O2. The predicted molar refractivity (Wildman–Crippen MR) is 81.4 cm³/mol. The number of halogens is 2. The van der Waals surface area contributed by atoms with Gasteiger partial charge in [-0.3, -0.25) is 4.79 Å². The summed E-state index contributed by atoms with van der Waals surface area (Å²) in [5, 5.41) is 3.02. The van der Waals surface area contributed by atoms with Gasteiger partial charge in [0.05, 0.1) is 17.3 Å². The summed E-state index contributed by atoms with van der Waals surface area (Å²) in [5.41, 5.74) is 6.03. The van der Waals surface area contributed by atoms with Gasteiger partial charge in [0.25, 0.3) is 5.91 Å². The zero-order valence-corrected chi connectivity index (χ0v) is 12.1. The monoisotopic (exact) mass is 308 g/mol. The van der Waals surface area contributed by atoms with Crippen LogP contribution < -0.4 is 15.8 Å². The SMILES string of the molecule is CCOc1ccc(NC(=O)c2ccc(N)c(F)c2)cc1Cl. The molecule has 0 aromatic heterocycles. The van der Waals surface area contributed by atoms with Crippen molar-refractivity contribution in [2.24, 2.45) is 0 Å². The van der Waals surface area contributed by atoms with Crippen molar-refractivity contribution in [3.63, 3.8) is 0 Å². The van der Waals surface area contributed by atoms with E-state index >= 15 is 0 Å². The molecule has 0 aliphatic rings. The third-order valence-corrected chi connectivity index (χ3v) is 3.05. The van der Waals surface area contributed by atoms with E-state index in [9.17, 15) is 9.18 Å². The van der Waals surface area contributed by atoms with Crippen molar-refractivity contribution < 1.29 is 13.9 Å². The first-order valence-corrected chi connectivity index (χ1v) is 6.67. The Morgan fingerprint density at radius 1 is 1.33 bits per heavy atom. The zero-order valence-electron chi connectivity index (χ0n) is 11.3. The molecule has 4 nitrogen and oxygen atoms in total. The van der Waals surface area contributed by atoms with Crippen molar-refractivity contribution in [2.45, 2.75) is 6.92 Å². The summed E-state index contributed by atoms with van der Waals surface area (Å²) in [6, 6.07) is 8.76. The highest BCUT2D eigenvalue weighted by Gasteiger charge is 2.10. The largest absolute Gasteiger partial charge is 0.492 e. The Balaban J connectivity index is 2.15. The van der Waals surface area contributed by atoms with E-state index in [4.69, 9.17) is 22.1 Å². The van der Waals surface area contributed by atoms with Crippen LogP contribution in [0.4, 0.5) is 15.8 Å². The summed E-state index contributed by atoms with van der Waals surface area (Å²) >= 11 is 6.03. The second-order valence-electron chi connectivity index (χ2n) is 4.27. The molecule has 110 valence electrons. The van der Waals surface area contributed by atoms with Crippen molar-refractivity contribution in [1.29, 1.82) is 0 Å². The van der Waals surface area contributed by atoms with Gasteiger partial charge in [0.15, 0.2) is 0 Å². The lowest BCUT2D eigenvalue weighted by molar-refractivity contribution is 0.102. The number of nitrogen functional groups attached to an aromatic ring is 1. The minimum Gasteiger partial charge on any atom is -0.492 e. The molecule has 0 aliphatic heterocycles. The average Bonchev–Trinajstić information content (AvgIpc) is 2.45. The molecule has 2 aromatic carbocycles. The summed E-state index contributed by atoms with van der Waals surface area (Å²) in [6.45, 7) is 2.35. The summed E-state index contributed by atoms with van der Waals surface area (Å²) in [5.74, 6) is -0.544. The molecule has 3 N–H and O–H groups in total. The molecule has 2 aromatic rings. The number of amides is 1. The number of anilines is 2. The van der Waals surface area contributed by atoms with Gasteiger partial charge in [0.2, 0.25) is 0 Å². The van der Waals surface area contributed by atoms with Gasteiger partial charge < -0.3 is 15.8 Å². The van der Waals surface area contributed by atoms with Crippen LogP contribution in [0.1, 0.15) is 17.3 Å². The predicted octanol–water partition coefficient (Wildman–Crippen LogP) is 3.71. The molecule has 0 fully saturated rings. The Morgan fingerprint density at radius 2 is 2.10 bits per heavy atom. The van der Waals surface area contributed by atoms with E-state index in [2.05, 4.69) is 5.32 Å². The number of ether oxygens (including phenoxy) is 1. The fourth-order valence-corrected chi connectivity index (χ4v) is 1.96. The van der Waals surface area contributed by atoms with Crippen LogP contribution in [-0.4, -0.2) is 12.5 Å². The minimum absolute atomic E-state index is 0.00402. The van der Waals surface area contributed by atoms with Crippen LogP contribution in [-0.2, 0) is 0 Å². The lowest BCUT2D eigenvalue weighted by Gasteiger charge is -2.09. The summed E-state index contributed by atoms with van der Waals surface area (Å²) in [4.78, 5) is 12.0. The second kappa shape index (κ2) is 6.45. The number of rotatable bonds is 4. The van der Waals surface area contributed by atoms with Crippen molar-refractivity contribution in [1.82, 2.24) is 0 Å². The molecule has 0 saturated heterocycles. The van der Waals surface area contributed by atoms with Crippen molar-refractivity contribution >= 4 is 28.9 Å². The number of carbonyl (C=O) groups excluding carboxylic acids is 1. The van der Waals surface area contributed by atoms with E-state index in [0.717, 1.165) is 6.07 Å². The van der Waals surface area contributed by atoms with E-state index in [1.54, 1.807) is 18.2 Å². The van der Waals surface area contributed by atoms with Gasteiger partial charge in [-0.15, -0.1) is 0 Å². The number of nitrogens with two attached hydrogens (primary N) is 1. The average molecular weight is 309 g/mol. The quantitative estimate of drug-likeness (QED) is 0.846. The normalized spacial score (nSPS) is 10.2. The molecule has 0 bridgehead atoms. The fourth-order valence-electron chi connectivity index (χ4n) is 1.72. The van der Waals surface area contributed by atoms with Gasteiger partial charge in [-0.1, -0.05) is 11.6 Å². The number of hydrogen-bond acceptors (Lipinski definition) is 3. The highest BCUT2D eigenvalue weighted by molar-refractivity contribution is 6.32. The van der Waals surface area contributed by atoms with Crippen LogP contribution in [0.25, 0.3) is 0 Å². The van der Waals surface area contributed by atoms with Gasteiger partial charge in [0, 0.05) is 11.3 Å². The number of carbonyl (C=O) groups is 1. The molecule has 2 rings (SSSR count). The van der Waals surface area contributed by atoms with E-state index < -0.39 is 11.7 Å². The molecular weight excluding hydrogens is 295 g/mol. The van der Waals surface area contributed by atoms with Gasteiger partial charge in [0.1, 0.15) is 11.6 Å². The first-order valence-electron chi connectivity index (χ1n) is 6.30. The van der Waals surface area contributed by atoms with Crippen LogP contribution in [0.15, 0.2) is 36.4 Å². The number of benzene rings is 2. The molecule has 0 radical (unpaired) electrons. The Bertz CT molecular complexity index is 677. The molecule has 1 amide bonds. The van der Waals surface area contributed by atoms with Crippen LogP contribution >= 0.6 is 11.6 Å². The van der Waals surface area contributed by atoms with Crippen molar-refractivity contribution in [2.75, 3.05) is 17.7 Å². The molecule has 0 heterocycles. The first-order chi connectivity index (χ1) is 10.0. The van der Waals surface area contributed by atoms with Gasteiger partial charge in [-0.05, 0) is 43.3 Å². The Morgan fingerprint density at radius 3 is 2.71 bits per heavy atom. The lowest BCUT2D eigenvalue weighted by atomic mass is 10.2. The third-order valence-electron chi connectivity index (χ3n) is 2.75. The van der Waals surface area contributed by atoms with Crippen molar-refractivity contribution in [3.05, 3.63) is 52.8 Å². The lowest BCUT2D eigenvalue weighted by Crippen LogP contribution is -2.12. The maximum absolute atomic E-state index is 13.3. The smallest absolute Gasteiger partial charge is 0.255 e. The van der Waals surface area contributed by atoms with Crippen LogP contribution in [0.5, 0.6) is 5.75 Å².